The summed E-state index contributed by atoms with van der Waals surface area (Å²) in [6.45, 7) is 1.45. The molecule has 0 aliphatic carbocycles. The van der Waals surface area contributed by atoms with Crippen LogP contribution in [0.2, 0.25) is 0 Å². The number of benzene rings is 1. The number of likely N-dealkylation sites (N-methyl/N-ethyl adjacent to an activating group) is 1. The van der Waals surface area contributed by atoms with Crippen LogP contribution in [0.3, 0.4) is 0 Å². The minimum absolute atomic E-state index is 0.521. The fourth-order valence-electron chi connectivity index (χ4n) is 1.18. The molecule has 0 aromatic heterocycles. The molecule has 0 aliphatic heterocycles. The van der Waals surface area contributed by atoms with Crippen LogP contribution in [0.15, 0.2) is 30.3 Å². The van der Waals surface area contributed by atoms with Crippen molar-refractivity contribution in [3.8, 4) is 0 Å². The van der Waals surface area contributed by atoms with Crippen molar-refractivity contribution in [3.05, 3.63) is 35.9 Å². The maximum Gasteiger partial charge on any atom is 0.133 e. The maximum absolute atomic E-state index is 10.2. The van der Waals surface area contributed by atoms with Crippen molar-refractivity contribution >= 4 is 6.29 Å². The largest absolute Gasteiger partial charge is 0.333 e. The first-order valence-corrected chi connectivity index (χ1v) is 5.07. The Bertz CT molecular complexity index is 249. The predicted octanol–water partition coefficient (Wildman–Crippen LogP) is 0.935. The number of aldehydes is 1. The van der Waals surface area contributed by atoms with E-state index in [-0.39, 0.29) is 0 Å². The average Bonchev–Trinajstić information content (AvgIpc) is 2.31. The molecule has 0 bridgehead atoms. The molecule has 2 N–H and O–H groups in total. The zero-order valence-corrected chi connectivity index (χ0v) is 9.52. The van der Waals surface area contributed by atoms with E-state index in [1.54, 1.807) is 0 Å². The molecular weight excluding hydrogens is 188 g/mol. The van der Waals surface area contributed by atoms with Gasteiger partial charge < -0.3 is 10.5 Å². The van der Waals surface area contributed by atoms with Gasteiger partial charge in [0.25, 0.3) is 0 Å². The Morgan fingerprint density at radius 2 is 1.87 bits per heavy atom. The smallest absolute Gasteiger partial charge is 0.133 e. The van der Waals surface area contributed by atoms with Crippen molar-refractivity contribution < 1.29 is 4.79 Å². The maximum atomic E-state index is 10.2. The van der Waals surface area contributed by atoms with E-state index in [0.717, 1.165) is 19.3 Å². The zero-order valence-electron chi connectivity index (χ0n) is 9.52. The van der Waals surface area contributed by atoms with Gasteiger partial charge in [0.05, 0.1) is 6.54 Å². The minimum atomic E-state index is 0.521. The van der Waals surface area contributed by atoms with Gasteiger partial charge in [-0.2, -0.15) is 0 Å². The van der Waals surface area contributed by atoms with Gasteiger partial charge in [0.15, 0.2) is 0 Å². The highest BCUT2D eigenvalue weighted by Crippen LogP contribution is 1.99. The molecule has 0 radical (unpaired) electrons. The van der Waals surface area contributed by atoms with Crippen LogP contribution in [-0.4, -0.2) is 38.4 Å². The lowest BCUT2D eigenvalue weighted by Gasteiger charge is -2.12. The fourth-order valence-corrected chi connectivity index (χ4v) is 1.18. The highest BCUT2D eigenvalue weighted by Gasteiger charge is 1.96. The van der Waals surface area contributed by atoms with Crippen molar-refractivity contribution in [2.24, 2.45) is 5.73 Å². The summed E-state index contributed by atoms with van der Waals surface area (Å²) >= 11 is 0. The Kier molecular flexibility index (Phi) is 8.63. The Balaban J connectivity index is 0.000000921. The lowest BCUT2D eigenvalue weighted by atomic mass is 10.1. The molecule has 1 aromatic rings. The van der Waals surface area contributed by atoms with Gasteiger partial charge in [-0.1, -0.05) is 30.3 Å². The van der Waals surface area contributed by atoms with Gasteiger partial charge in [0, 0.05) is 6.54 Å². The fraction of sp³-hybridized carbons (Fsp3) is 0.417. The van der Waals surface area contributed by atoms with Gasteiger partial charge >= 0.3 is 0 Å². The second-order valence-electron chi connectivity index (χ2n) is 3.16. The van der Waals surface area contributed by atoms with Gasteiger partial charge in [-0.15, -0.1) is 0 Å². The summed E-state index contributed by atoms with van der Waals surface area (Å²) < 4.78 is 0. The van der Waals surface area contributed by atoms with Crippen LogP contribution < -0.4 is 5.73 Å². The molecule has 1 rings (SSSR count). The van der Waals surface area contributed by atoms with Crippen LogP contribution in [0.1, 0.15) is 5.56 Å². The van der Waals surface area contributed by atoms with Crippen molar-refractivity contribution in [2.75, 3.05) is 27.2 Å². The van der Waals surface area contributed by atoms with Crippen LogP contribution in [0.4, 0.5) is 0 Å². The normalized spacial score (nSPS) is 9.33. The van der Waals surface area contributed by atoms with E-state index in [9.17, 15) is 4.79 Å². The number of carbonyl (C=O) groups excluding carboxylic acids is 1. The molecule has 0 aliphatic rings. The summed E-state index contributed by atoms with van der Waals surface area (Å²) in [6, 6.07) is 10.3. The first kappa shape index (κ1) is 13.8. The Hall–Kier alpha value is -1.19. The number of rotatable bonds is 5. The van der Waals surface area contributed by atoms with E-state index in [0.29, 0.717) is 6.54 Å². The predicted molar refractivity (Wildman–Crippen MR) is 63.8 cm³/mol. The molecule has 0 saturated heterocycles. The molecule has 0 fully saturated rings. The molecular formula is C12H20N2O. The van der Waals surface area contributed by atoms with E-state index in [2.05, 4.69) is 17.9 Å². The minimum Gasteiger partial charge on any atom is -0.333 e. The summed E-state index contributed by atoms with van der Waals surface area (Å²) in [5.41, 5.74) is 5.82. The Labute approximate surface area is 91.9 Å². The molecule has 0 heterocycles. The molecule has 0 atom stereocenters. The number of carbonyl (C=O) groups is 1. The summed E-state index contributed by atoms with van der Waals surface area (Å²) in [4.78, 5) is 12.2. The summed E-state index contributed by atoms with van der Waals surface area (Å²) in [6.07, 6.45) is 1.94. The van der Waals surface area contributed by atoms with Crippen molar-refractivity contribution in [3.63, 3.8) is 0 Å². The third kappa shape index (κ3) is 6.82. The molecule has 3 nitrogen and oxygen atoms in total. The molecule has 84 valence electrons. The Morgan fingerprint density at radius 1 is 1.27 bits per heavy atom. The number of hydrogen-bond donors (Lipinski definition) is 1. The van der Waals surface area contributed by atoms with Crippen LogP contribution in [0.5, 0.6) is 0 Å². The van der Waals surface area contributed by atoms with Gasteiger partial charge in [0.1, 0.15) is 6.29 Å². The molecule has 15 heavy (non-hydrogen) atoms. The number of nitrogens with two attached hydrogens (primary N) is 1. The van der Waals surface area contributed by atoms with Crippen molar-refractivity contribution in [1.82, 2.24) is 4.90 Å². The van der Waals surface area contributed by atoms with Crippen molar-refractivity contribution in [1.29, 1.82) is 0 Å². The lowest BCUT2D eigenvalue weighted by molar-refractivity contribution is -0.108. The van der Waals surface area contributed by atoms with Crippen LogP contribution in [0.25, 0.3) is 0 Å². The van der Waals surface area contributed by atoms with Crippen LogP contribution in [-0.2, 0) is 11.2 Å². The molecule has 0 spiro atoms. The quantitative estimate of drug-likeness (QED) is 0.732. The Morgan fingerprint density at radius 3 is 2.40 bits per heavy atom. The average molecular weight is 208 g/mol. The van der Waals surface area contributed by atoms with E-state index >= 15 is 0 Å². The third-order valence-electron chi connectivity index (χ3n) is 2.01. The first-order valence-electron chi connectivity index (χ1n) is 5.07. The van der Waals surface area contributed by atoms with E-state index in [4.69, 9.17) is 0 Å². The van der Waals surface area contributed by atoms with E-state index in [1.807, 2.05) is 30.1 Å². The second kappa shape index (κ2) is 9.37. The third-order valence-corrected chi connectivity index (χ3v) is 2.01. The standard InChI is InChI=1S/C11H15NO.CH5N/c1-12(9-10-13)8-7-11-5-3-2-4-6-11;1-2/h2-6,10H,7-9H2,1H3;2H2,1H3. The summed E-state index contributed by atoms with van der Waals surface area (Å²) in [7, 11) is 3.46. The second-order valence-corrected chi connectivity index (χ2v) is 3.16. The molecule has 3 heteroatoms. The van der Waals surface area contributed by atoms with Crippen LogP contribution in [0, 0.1) is 0 Å². The highest BCUT2D eigenvalue weighted by molar-refractivity contribution is 5.51. The molecule has 0 unspecified atom stereocenters. The summed E-state index contributed by atoms with van der Waals surface area (Å²) in [5, 5.41) is 0. The molecule has 0 saturated carbocycles. The van der Waals surface area contributed by atoms with Gasteiger partial charge in [-0.05, 0) is 26.1 Å². The van der Waals surface area contributed by atoms with Crippen molar-refractivity contribution in [2.45, 2.75) is 6.42 Å². The van der Waals surface area contributed by atoms with Gasteiger partial charge in [-0.25, -0.2) is 0 Å². The first-order chi connectivity index (χ1) is 7.33. The number of hydrogen-bond acceptors (Lipinski definition) is 3. The molecule has 1 aromatic carbocycles. The zero-order chi connectivity index (χ0) is 11.5. The monoisotopic (exact) mass is 208 g/mol. The van der Waals surface area contributed by atoms with Gasteiger partial charge in [-0.3, -0.25) is 4.90 Å². The van der Waals surface area contributed by atoms with Crippen LogP contribution >= 0.6 is 0 Å². The molecule has 0 amide bonds. The van der Waals surface area contributed by atoms with Gasteiger partial charge in [0.2, 0.25) is 0 Å². The van der Waals surface area contributed by atoms with E-state index < -0.39 is 0 Å². The highest BCUT2D eigenvalue weighted by atomic mass is 16.1. The SMILES string of the molecule is CN.CN(CC=O)CCc1ccccc1. The summed E-state index contributed by atoms with van der Waals surface area (Å²) in [5.74, 6) is 0. The lowest BCUT2D eigenvalue weighted by Crippen LogP contribution is -2.23. The van der Waals surface area contributed by atoms with E-state index in [1.165, 1.54) is 12.6 Å². The topological polar surface area (TPSA) is 46.3 Å². The number of nitrogens with zero attached hydrogens (tertiary/aromatic N) is 1.